The molecule has 0 spiro atoms. The summed E-state index contributed by atoms with van der Waals surface area (Å²) in [5, 5.41) is 0. The summed E-state index contributed by atoms with van der Waals surface area (Å²) in [6, 6.07) is 0. The summed E-state index contributed by atoms with van der Waals surface area (Å²) >= 11 is 0. The van der Waals surface area contributed by atoms with Gasteiger partial charge in [-0.3, -0.25) is 0 Å². The van der Waals surface area contributed by atoms with Crippen molar-refractivity contribution in [2.24, 2.45) is 12.9 Å². The highest BCUT2D eigenvalue weighted by Gasteiger charge is 2.01. The molecule has 0 amide bonds. The SMILES string of the molecule is [2H]C(C)(C)Cn1cc[n+](C)c1. The van der Waals surface area contributed by atoms with Crippen LogP contribution in [0, 0.1) is 5.89 Å². The normalized spacial score (nSPS) is 13.3. The second kappa shape index (κ2) is 2.86. The molecule has 0 unspecified atom stereocenters. The molecule has 0 aliphatic rings. The minimum absolute atomic E-state index is 0.383. The predicted molar refractivity (Wildman–Crippen MR) is 40.4 cm³/mol. The van der Waals surface area contributed by atoms with E-state index >= 15 is 0 Å². The van der Waals surface area contributed by atoms with Gasteiger partial charge in [0.2, 0.25) is 6.33 Å². The first-order chi connectivity index (χ1) is 4.97. The molecule has 0 radical (unpaired) electrons. The van der Waals surface area contributed by atoms with Crippen LogP contribution in [0.1, 0.15) is 15.2 Å². The van der Waals surface area contributed by atoms with E-state index in [1.807, 2.05) is 48.8 Å². The second-order valence-electron chi connectivity index (χ2n) is 2.96. The molecule has 1 rings (SSSR count). The lowest BCUT2D eigenvalue weighted by molar-refractivity contribution is -0.671. The Morgan fingerprint density at radius 1 is 1.70 bits per heavy atom. The molecule has 0 saturated carbocycles. The topological polar surface area (TPSA) is 8.81 Å². The number of aromatic nitrogens is 2. The summed E-state index contributed by atoms with van der Waals surface area (Å²) in [6.07, 6.45) is 5.94. The lowest BCUT2D eigenvalue weighted by Gasteiger charge is -1.97. The molecule has 56 valence electrons. The molecular weight excluding hydrogens is 124 g/mol. The van der Waals surface area contributed by atoms with Crippen LogP contribution in [-0.4, -0.2) is 4.57 Å². The smallest absolute Gasteiger partial charge is 0.240 e. The van der Waals surface area contributed by atoms with Crippen molar-refractivity contribution in [3.8, 4) is 0 Å². The molecule has 0 bridgehead atoms. The van der Waals surface area contributed by atoms with Gasteiger partial charge in [0.05, 0.1) is 13.6 Å². The number of hydrogen-bond acceptors (Lipinski definition) is 0. The lowest BCUT2D eigenvalue weighted by atomic mass is 10.2. The van der Waals surface area contributed by atoms with E-state index in [4.69, 9.17) is 1.37 Å². The minimum Gasteiger partial charge on any atom is -0.240 e. The van der Waals surface area contributed by atoms with Crippen LogP contribution in [0.4, 0.5) is 0 Å². The van der Waals surface area contributed by atoms with E-state index in [0.29, 0.717) is 0 Å². The Hall–Kier alpha value is -0.790. The van der Waals surface area contributed by atoms with Crippen LogP contribution in [-0.2, 0) is 13.6 Å². The van der Waals surface area contributed by atoms with Gasteiger partial charge in [-0.05, 0) is 5.89 Å². The molecule has 0 N–H and O–H groups in total. The van der Waals surface area contributed by atoms with Crippen molar-refractivity contribution in [2.45, 2.75) is 20.4 Å². The Balaban J connectivity index is 2.65. The van der Waals surface area contributed by atoms with Gasteiger partial charge in [0.25, 0.3) is 0 Å². The number of aryl methyl sites for hydroxylation is 1. The molecule has 2 nitrogen and oxygen atoms in total. The molecule has 1 aromatic heterocycles. The summed E-state index contributed by atoms with van der Waals surface area (Å²) in [5.41, 5.74) is 0. The zero-order chi connectivity index (χ0) is 8.48. The average Bonchev–Trinajstić information content (AvgIpc) is 2.10. The quantitative estimate of drug-likeness (QED) is 0.541. The third-order valence-electron chi connectivity index (χ3n) is 1.32. The van der Waals surface area contributed by atoms with Crippen molar-refractivity contribution in [3.63, 3.8) is 0 Å². The second-order valence-corrected chi connectivity index (χ2v) is 2.96. The fourth-order valence-corrected chi connectivity index (χ4v) is 0.960. The Kier molecular flexibility index (Phi) is 1.70. The van der Waals surface area contributed by atoms with Gasteiger partial charge in [-0.15, -0.1) is 0 Å². The fraction of sp³-hybridized carbons (Fsp3) is 0.625. The zero-order valence-electron chi connectivity index (χ0n) is 7.83. The first-order valence-corrected chi connectivity index (χ1v) is 3.48. The highest BCUT2D eigenvalue weighted by molar-refractivity contribution is 4.66. The monoisotopic (exact) mass is 140 g/mol. The summed E-state index contributed by atoms with van der Waals surface area (Å²) in [6.45, 7) is 4.56. The molecular formula is C8H15N2+. The molecule has 0 aromatic carbocycles. The van der Waals surface area contributed by atoms with Crippen molar-refractivity contribution >= 4 is 0 Å². The molecule has 0 aliphatic heterocycles. The third kappa shape index (κ3) is 1.87. The Bertz CT molecular complexity index is 234. The van der Waals surface area contributed by atoms with Crippen molar-refractivity contribution in [1.82, 2.24) is 4.57 Å². The van der Waals surface area contributed by atoms with Crippen LogP contribution < -0.4 is 4.57 Å². The molecule has 1 heterocycles. The molecule has 0 saturated heterocycles. The molecule has 1 aromatic rings. The minimum atomic E-state index is -0.383. The van der Waals surface area contributed by atoms with Gasteiger partial charge in [0, 0.05) is 1.37 Å². The van der Waals surface area contributed by atoms with E-state index in [1.165, 1.54) is 0 Å². The van der Waals surface area contributed by atoms with E-state index in [1.54, 1.807) is 0 Å². The maximum atomic E-state index is 7.65. The van der Waals surface area contributed by atoms with Crippen LogP contribution in [0.25, 0.3) is 0 Å². The van der Waals surface area contributed by atoms with E-state index in [2.05, 4.69) is 0 Å². The van der Waals surface area contributed by atoms with Gasteiger partial charge < -0.3 is 0 Å². The van der Waals surface area contributed by atoms with Gasteiger partial charge in [-0.25, -0.2) is 9.13 Å². The third-order valence-corrected chi connectivity index (χ3v) is 1.32. The molecule has 0 fully saturated rings. The number of nitrogens with zero attached hydrogens (tertiary/aromatic N) is 2. The van der Waals surface area contributed by atoms with Crippen LogP contribution in [0.15, 0.2) is 18.7 Å². The number of hydrogen-bond donors (Lipinski definition) is 0. The highest BCUT2D eigenvalue weighted by atomic mass is 15.1. The van der Waals surface area contributed by atoms with Crippen molar-refractivity contribution in [1.29, 1.82) is 0 Å². The van der Waals surface area contributed by atoms with E-state index in [-0.39, 0.29) is 5.89 Å². The van der Waals surface area contributed by atoms with Crippen molar-refractivity contribution in [2.75, 3.05) is 0 Å². The molecule has 0 atom stereocenters. The largest absolute Gasteiger partial charge is 0.243 e. The number of imidazole rings is 1. The lowest BCUT2D eigenvalue weighted by Crippen LogP contribution is -2.24. The van der Waals surface area contributed by atoms with Gasteiger partial charge in [0.1, 0.15) is 12.4 Å². The van der Waals surface area contributed by atoms with Gasteiger partial charge in [-0.2, -0.15) is 0 Å². The fourth-order valence-electron chi connectivity index (χ4n) is 0.960. The first kappa shape index (κ1) is 5.96. The Morgan fingerprint density at radius 3 is 2.80 bits per heavy atom. The van der Waals surface area contributed by atoms with Gasteiger partial charge in [-0.1, -0.05) is 13.8 Å². The maximum Gasteiger partial charge on any atom is 0.243 e. The Labute approximate surface area is 63.5 Å². The number of rotatable bonds is 2. The first-order valence-electron chi connectivity index (χ1n) is 3.98. The van der Waals surface area contributed by atoms with Crippen LogP contribution >= 0.6 is 0 Å². The van der Waals surface area contributed by atoms with Crippen molar-refractivity contribution < 1.29 is 5.94 Å². The van der Waals surface area contributed by atoms with E-state index in [9.17, 15) is 0 Å². The van der Waals surface area contributed by atoms with Gasteiger partial charge >= 0.3 is 0 Å². The van der Waals surface area contributed by atoms with Crippen LogP contribution in [0.5, 0.6) is 0 Å². The summed E-state index contributed by atoms with van der Waals surface area (Å²) < 4.78 is 11.6. The average molecular weight is 140 g/mol. The van der Waals surface area contributed by atoms with E-state index in [0.717, 1.165) is 6.54 Å². The highest BCUT2D eigenvalue weighted by Crippen LogP contribution is 1.95. The molecule has 10 heavy (non-hydrogen) atoms. The van der Waals surface area contributed by atoms with Crippen LogP contribution in [0.3, 0.4) is 0 Å². The van der Waals surface area contributed by atoms with Gasteiger partial charge in [0.15, 0.2) is 0 Å². The van der Waals surface area contributed by atoms with Crippen molar-refractivity contribution in [3.05, 3.63) is 18.7 Å². The molecule has 2 heteroatoms. The Morgan fingerprint density at radius 2 is 2.40 bits per heavy atom. The zero-order valence-corrected chi connectivity index (χ0v) is 6.83. The standard InChI is InChI=1S/C8H15N2/c1-8(2)6-10-5-4-9(3)7-10/h4-5,7-8H,6H2,1-3H3/q+1/i8D. The summed E-state index contributed by atoms with van der Waals surface area (Å²) in [4.78, 5) is 0. The summed E-state index contributed by atoms with van der Waals surface area (Å²) in [5.74, 6) is -0.383. The maximum absolute atomic E-state index is 7.65. The van der Waals surface area contributed by atoms with Crippen LogP contribution in [0.2, 0.25) is 0 Å². The molecule has 0 aliphatic carbocycles. The predicted octanol–water partition coefficient (Wildman–Crippen LogP) is 0.969. The summed E-state index contributed by atoms with van der Waals surface area (Å²) in [7, 11) is 1.98. The van der Waals surface area contributed by atoms with E-state index < -0.39 is 0 Å².